The number of halogens is 1. The molecule has 0 aromatic heterocycles. The van der Waals surface area contributed by atoms with Gasteiger partial charge in [0.2, 0.25) is 5.90 Å². The number of thioether (sulfide) groups is 1. The molecule has 0 bridgehead atoms. The summed E-state index contributed by atoms with van der Waals surface area (Å²) in [5.74, 6) is 1.12. The monoisotopic (exact) mass is 239 g/mol. The van der Waals surface area contributed by atoms with Crippen molar-refractivity contribution in [2.75, 3.05) is 12.0 Å². The Balaban J connectivity index is 2.29. The molecule has 86 valence electrons. The van der Waals surface area contributed by atoms with Crippen LogP contribution in [0.4, 0.5) is 4.39 Å². The van der Waals surface area contributed by atoms with Gasteiger partial charge in [0.1, 0.15) is 12.4 Å². The third kappa shape index (κ3) is 2.21. The van der Waals surface area contributed by atoms with E-state index in [0.717, 1.165) is 11.3 Å². The van der Waals surface area contributed by atoms with Crippen LogP contribution in [0.1, 0.15) is 18.1 Å². The van der Waals surface area contributed by atoms with E-state index in [0.29, 0.717) is 18.1 Å². The lowest BCUT2D eigenvalue weighted by atomic mass is 10.1. The average molecular weight is 239 g/mol. The molecule has 0 fully saturated rings. The van der Waals surface area contributed by atoms with Gasteiger partial charge in [-0.25, -0.2) is 9.38 Å². The van der Waals surface area contributed by atoms with Crippen LogP contribution in [0.5, 0.6) is 0 Å². The summed E-state index contributed by atoms with van der Waals surface area (Å²) < 4.78 is 19.0. The van der Waals surface area contributed by atoms with E-state index in [-0.39, 0.29) is 11.9 Å². The first-order valence-electron chi connectivity index (χ1n) is 5.19. The number of ether oxygens (including phenoxy) is 1. The molecule has 0 saturated carbocycles. The lowest BCUT2D eigenvalue weighted by Gasteiger charge is -2.06. The minimum atomic E-state index is -0.245. The van der Waals surface area contributed by atoms with Gasteiger partial charge in [-0.2, -0.15) is 11.8 Å². The molecule has 1 heterocycles. The molecule has 1 aliphatic heterocycles. The standard InChI is InChI=1S/C12H14FNOS/c1-8(7-16-2)14-12-11-9(6-15-12)4-3-5-10(11)13/h3-5,8H,6-7H2,1-2H3. The Kier molecular flexibility index (Phi) is 3.49. The zero-order chi connectivity index (χ0) is 11.5. The van der Waals surface area contributed by atoms with Crippen LogP contribution in [0.15, 0.2) is 23.2 Å². The summed E-state index contributed by atoms with van der Waals surface area (Å²) in [5.41, 5.74) is 1.42. The molecular formula is C12H14FNOS. The highest BCUT2D eigenvalue weighted by atomic mass is 32.2. The van der Waals surface area contributed by atoms with E-state index in [1.807, 2.05) is 19.2 Å². The highest BCUT2D eigenvalue weighted by molar-refractivity contribution is 7.98. The van der Waals surface area contributed by atoms with Gasteiger partial charge in [0.15, 0.2) is 0 Å². The van der Waals surface area contributed by atoms with E-state index in [4.69, 9.17) is 4.74 Å². The first-order chi connectivity index (χ1) is 7.72. The molecule has 2 rings (SSSR count). The molecule has 0 amide bonds. The Labute approximate surface area is 98.9 Å². The van der Waals surface area contributed by atoms with Crippen molar-refractivity contribution >= 4 is 17.7 Å². The Morgan fingerprint density at radius 3 is 3.12 bits per heavy atom. The van der Waals surface area contributed by atoms with Crippen LogP contribution in [-0.4, -0.2) is 23.9 Å². The second-order valence-electron chi connectivity index (χ2n) is 3.80. The summed E-state index contributed by atoms with van der Waals surface area (Å²) in [4.78, 5) is 4.40. The smallest absolute Gasteiger partial charge is 0.220 e. The van der Waals surface area contributed by atoms with Crippen molar-refractivity contribution in [2.24, 2.45) is 4.99 Å². The molecule has 1 aromatic carbocycles. The summed E-state index contributed by atoms with van der Waals surface area (Å²) in [5, 5.41) is 0. The molecule has 0 N–H and O–H groups in total. The largest absolute Gasteiger partial charge is 0.472 e. The molecule has 16 heavy (non-hydrogen) atoms. The number of aliphatic imine (C=N–C) groups is 1. The lowest BCUT2D eigenvalue weighted by molar-refractivity contribution is 0.310. The van der Waals surface area contributed by atoms with E-state index in [1.54, 1.807) is 17.8 Å². The molecule has 1 atom stereocenters. The van der Waals surface area contributed by atoms with Crippen molar-refractivity contribution in [2.45, 2.75) is 19.6 Å². The maximum atomic E-state index is 13.6. The quantitative estimate of drug-likeness (QED) is 0.809. The van der Waals surface area contributed by atoms with Crippen LogP contribution in [0.3, 0.4) is 0 Å². The van der Waals surface area contributed by atoms with Gasteiger partial charge in [0.25, 0.3) is 0 Å². The van der Waals surface area contributed by atoms with Crippen molar-refractivity contribution in [1.29, 1.82) is 0 Å². The highest BCUT2D eigenvalue weighted by Crippen LogP contribution is 2.23. The molecule has 1 aliphatic rings. The van der Waals surface area contributed by atoms with Crippen molar-refractivity contribution < 1.29 is 9.13 Å². The van der Waals surface area contributed by atoms with Crippen LogP contribution < -0.4 is 0 Å². The third-order valence-electron chi connectivity index (χ3n) is 2.42. The van der Waals surface area contributed by atoms with Gasteiger partial charge < -0.3 is 4.74 Å². The number of rotatable bonds is 3. The van der Waals surface area contributed by atoms with Crippen LogP contribution in [0.2, 0.25) is 0 Å². The average Bonchev–Trinajstić information content (AvgIpc) is 2.63. The van der Waals surface area contributed by atoms with Gasteiger partial charge in [0.05, 0.1) is 11.6 Å². The molecule has 0 radical (unpaired) electrons. The second kappa shape index (κ2) is 4.87. The van der Waals surface area contributed by atoms with Gasteiger partial charge in [-0.15, -0.1) is 0 Å². The number of hydrogen-bond acceptors (Lipinski definition) is 3. The van der Waals surface area contributed by atoms with Crippen molar-refractivity contribution in [3.63, 3.8) is 0 Å². The summed E-state index contributed by atoms with van der Waals surface area (Å²) in [6, 6.07) is 5.17. The zero-order valence-electron chi connectivity index (χ0n) is 9.37. The second-order valence-corrected chi connectivity index (χ2v) is 4.71. The molecule has 0 saturated heterocycles. The molecule has 0 spiro atoms. The Hall–Kier alpha value is -1.03. The van der Waals surface area contributed by atoms with Gasteiger partial charge in [0, 0.05) is 11.3 Å². The van der Waals surface area contributed by atoms with Crippen LogP contribution in [-0.2, 0) is 11.3 Å². The van der Waals surface area contributed by atoms with Crippen LogP contribution in [0, 0.1) is 5.82 Å². The SMILES string of the molecule is CSCC(C)N=C1OCc2cccc(F)c21. The number of fused-ring (bicyclic) bond motifs is 1. The van der Waals surface area contributed by atoms with Gasteiger partial charge in [-0.05, 0) is 19.2 Å². The summed E-state index contributed by atoms with van der Waals surface area (Å²) in [6.45, 7) is 2.43. The van der Waals surface area contributed by atoms with Gasteiger partial charge in [-0.3, -0.25) is 0 Å². The lowest BCUT2D eigenvalue weighted by Crippen LogP contribution is -2.09. The molecule has 0 aliphatic carbocycles. The molecule has 4 heteroatoms. The van der Waals surface area contributed by atoms with Crippen LogP contribution >= 0.6 is 11.8 Å². The number of nitrogens with zero attached hydrogens (tertiary/aromatic N) is 1. The maximum absolute atomic E-state index is 13.6. The summed E-state index contributed by atoms with van der Waals surface area (Å²) >= 11 is 1.72. The van der Waals surface area contributed by atoms with Crippen molar-refractivity contribution in [1.82, 2.24) is 0 Å². The highest BCUT2D eigenvalue weighted by Gasteiger charge is 2.23. The van der Waals surface area contributed by atoms with Crippen LogP contribution in [0.25, 0.3) is 0 Å². The molecular weight excluding hydrogens is 225 g/mol. The summed E-state index contributed by atoms with van der Waals surface area (Å²) in [7, 11) is 0. The van der Waals surface area contributed by atoms with E-state index >= 15 is 0 Å². The Morgan fingerprint density at radius 2 is 2.38 bits per heavy atom. The van der Waals surface area contributed by atoms with Gasteiger partial charge in [-0.1, -0.05) is 12.1 Å². The Morgan fingerprint density at radius 1 is 1.56 bits per heavy atom. The van der Waals surface area contributed by atoms with Gasteiger partial charge >= 0.3 is 0 Å². The molecule has 2 nitrogen and oxygen atoms in total. The predicted molar refractivity (Wildman–Crippen MR) is 65.6 cm³/mol. The maximum Gasteiger partial charge on any atom is 0.220 e. The fourth-order valence-electron chi connectivity index (χ4n) is 1.73. The minimum absolute atomic E-state index is 0.149. The van der Waals surface area contributed by atoms with E-state index in [2.05, 4.69) is 4.99 Å². The normalized spacial score (nSPS) is 18.3. The first kappa shape index (κ1) is 11.5. The van der Waals surface area contributed by atoms with E-state index in [1.165, 1.54) is 6.07 Å². The topological polar surface area (TPSA) is 21.6 Å². The summed E-state index contributed by atoms with van der Waals surface area (Å²) in [6.07, 6.45) is 2.03. The third-order valence-corrected chi connectivity index (χ3v) is 3.24. The molecule has 1 unspecified atom stereocenters. The van der Waals surface area contributed by atoms with E-state index < -0.39 is 0 Å². The first-order valence-corrected chi connectivity index (χ1v) is 6.59. The van der Waals surface area contributed by atoms with Crippen molar-refractivity contribution in [3.05, 3.63) is 35.1 Å². The fraction of sp³-hybridized carbons (Fsp3) is 0.417. The van der Waals surface area contributed by atoms with Crippen molar-refractivity contribution in [3.8, 4) is 0 Å². The number of benzene rings is 1. The fourth-order valence-corrected chi connectivity index (χ4v) is 2.28. The number of hydrogen-bond donors (Lipinski definition) is 0. The zero-order valence-corrected chi connectivity index (χ0v) is 10.2. The minimum Gasteiger partial charge on any atom is -0.472 e. The molecule has 1 aromatic rings. The van der Waals surface area contributed by atoms with E-state index in [9.17, 15) is 4.39 Å². The Bertz CT molecular complexity index is 419. The predicted octanol–water partition coefficient (Wildman–Crippen LogP) is 2.85.